The topological polar surface area (TPSA) is 139 Å². The second kappa shape index (κ2) is 12.3. The van der Waals surface area contributed by atoms with Crippen molar-refractivity contribution in [2.24, 2.45) is 11.8 Å². The normalized spacial score (nSPS) is 24.2. The Kier molecular flexibility index (Phi) is 8.71. The summed E-state index contributed by atoms with van der Waals surface area (Å²) in [4.78, 5) is 44.7. The van der Waals surface area contributed by atoms with Crippen LogP contribution in [-0.4, -0.2) is 71.4 Å². The first-order chi connectivity index (χ1) is 20.0. The van der Waals surface area contributed by atoms with Gasteiger partial charge in [-0.05, 0) is 55.2 Å². The zero-order valence-corrected chi connectivity index (χ0v) is 23.4. The van der Waals surface area contributed by atoms with Gasteiger partial charge in [0.25, 0.3) is 5.91 Å². The summed E-state index contributed by atoms with van der Waals surface area (Å²) < 4.78 is 50.2. The summed E-state index contributed by atoms with van der Waals surface area (Å²) in [6, 6.07) is -1.52. The molecule has 2 aliphatic carbocycles. The molecular weight excluding hydrogens is 557 g/mol. The molecule has 2 aromatic heterocycles. The van der Waals surface area contributed by atoms with Crippen molar-refractivity contribution in [3.8, 4) is 0 Å². The molecule has 0 aromatic carbocycles. The van der Waals surface area contributed by atoms with Crippen LogP contribution in [0.2, 0.25) is 0 Å². The van der Waals surface area contributed by atoms with Crippen molar-refractivity contribution in [1.82, 2.24) is 25.7 Å². The maximum atomic E-state index is 13.7. The molecule has 4 amide bonds. The number of nitrogens with zero attached hydrogens (tertiary/aromatic N) is 3. The molecule has 0 spiro atoms. The van der Waals surface area contributed by atoms with Crippen molar-refractivity contribution in [2.45, 2.75) is 75.7 Å². The van der Waals surface area contributed by atoms with Crippen molar-refractivity contribution in [2.75, 3.05) is 25.6 Å². The molecule has 11 nitrogen and oxygen atoms in total. The van der Waals surface area contributed by atoms with Gasteiger partial charge in [0.15, 0.2) is 0 Å². The molecule has 1 aliphatic heterocycles. The van der Waals surface area contributed by atoms with Crippen molar-refractivity contribution in [3.05, 3.63) is 41.4 Å². The molecule has 3 N–H and O–H groups in total. The fourth-order valence-corrected chi connectivity index (χ4v) is 5.76. The van der Waals surface area contributed by atoms with Crippen LogP contribution in [-0.2, 0) is 9.53 Å². The number of hydrogen-bond acceptors (Lipinski definition) is 7. The van der Waals surface area contributed by atoms with Gasteiger partial charge in [-0.1, -0.05) is 24.9 Å². The van der Waals surface area contributed by atoms with E-state index in [2.05, 4.69) is 27.7 Å². The molecule has 5 rings (SSSR count). The number of pyridine rings is 1. The highest BCUT2D eigenvalue weighted by molar-refractivity contribution is 6.01. The van der Waals surface area contributed by atoms with E-state index < -0.39 is 48.7 Å². The minimum absolute atomic E-state index is 0.0730. The second-order valence-electron chi connectivity index (χ2n) is 11.5. The van der Waals surface area contributed by atoms with E-state index in [9.17, 15) is 27.6 Å². The van der Waals surface area contributed by atoms with Gasteiger partial charge in [-0.25, -0.2) is 9.78 Å². The highest BCUT2D eigenvalue weighted by Gasteiger charge is 2.48. The van der Waals surface area contributed by atoms with E-state index in [0.29, 0.717) is 22.7 Å². The third kappa shape index (κ3) is 6.69. The van der Waals surface area contributed by atoms with E-state index in [-0.39, 0.29) is 24.3 Å². The van der Waals surface area contributed by atoms with Crippen molar-refractivity contribution >= 4 is 23.7 Å². The minimum Gasteiger partial charge on any atom is -0.382 e. The van der Waals surface area contributed by atoms with Crippen LogP contribution in [0.1, 0.15) is 79.0 Å². The van der Waals surface area contributed by atoms with Crippen molar-refractivity contribution in [1.29, 1.82) is 0 Å². The molecule has 1 unspecified atom stereocenters. The lowest BCUT2D eigenvalue weighted by molar-refractivity contribution is -0.150. The molecule has 3 heterocycles. The first kappa shape index (κ1) is 29.8. The Bertz CT molecular complexity index is 1290. The number of amides is 4. The maximum absolute atomic E-state index is 13.7. The van der Waals surface area contributed by atoms with Gasteiger partial charge in [0, 0.05) is 19.2 Å². The average molecular weight is 593 g/mol. The third-order valence-electron chi connectivity index (χ3n) is 8.36. The van der Waals surface area contributed by atoms with Gasteiger partial charge in [0.2, 0.25) is 5.91 Å². The summed E-state index contributed by atoms with van der Waals surface area (Å²) in [7, 11) is 1.38. The zero-order valence-electron chi connectivity index (χ0n) is 23.4. The number of urea groups is 1. The summed E-state index contributed by atoms with van der Waals surface area (Å²) >= 11 is 0. The Morgan fingerprint density at radius 3 is 2.60 bits per heavy atom. The number of anilines is 1. The Morgan fingerprint density at radius 2 is 1.95 bits per heavy atom. The number of nitrogens with one attached hydrogen (secondary N) is 3. The van der Waals surface area contributed by atoms with Gasteiger partial charge in [-0.3, -0.25) is 9.59 Å². The molecule has 1 saturated heterocycles. The van der Waals surface area contributed by atoms with E-state index in [4.69, 9.17) is 9.26 Å². The largest absolute Gasteiger partial charge is 0.410 e. The molecular formula is C28H35F3N6O5. The van der Waals surface area contributed by atoms with Crippen LogP contribution in [0.3, 0.4) is 0 Å². The van der Waals surface area contributed by atoms with E-state index in [0.717, 1.165) is 43.4 Å². The van der Waals surface area contributed by atoms with Crippen LogP contribution in [0.4, 0.5) is 23.8 Å². The van der Waals surface area contributed by atoms with Crippen molar-refractivity contribution in [3.63, 3.8) is 0 Å². The Morgan fingerprint density at radius 1 is 1.21 bits per heavy atom. The number of hydrogen-bond donors (Lipinski definition) is 3. The maximum Gasteiger partial charge on any atom is 0.410 e. The highest BCUT2D eigenvalue weighted by atomic mass is 19.4. The zero-order chi connectivity index (χ0) is 30.0. The first-order valence-corrected chi connectivity index (χ1v) is 14.2. The Balaban J connectivity index is 1.34. The lowest BCUT2D eigenvalue weighted by atomic mass is 9.79. The Labute approximate surface area is 240 Å². The predicted octanol–water partition coefficient (Wildman–Crippen LogP) is 4.15. The monoisotopic (exact) mass is 592 g/mol. The minimum atomic E-state index is -4.60. The number of aromatic nitrogens is 2. The van der Waals surface area contributed by atoms with E-state index in [1.165, 1.54) is 25.6 Å². The molecule has 228 valence electrons. The quantitative estimate of drug-likeness (QED) is 0.377. The van der Waals surface area contributed by atoms with Gasteiger partial charge in [0.05, 0.1) is 24.9 Å². The summed E-state index contributed by atoms with van der Waals surface area (Å²) in [5.74, 6) is -0.155. The van der Waals surface area contributed by atoms with Crippen LogP contribution in [0.25, 0.3) is 0 Å². The molecule has 0 bridgehead atoms. The lowest BCUT2D eigenvalue weighted by Gasteiger charge is -2.32. The standard InChI is InChI=1S/C28H35F3N6O5/c1-15-3-5-17(6-4-15)24(35-25(38)19-13-42-36-23(19)16-7-8-16)26(39)34-22-11-18(9-10-32-22)20(14-41-2)37-12-21(28(29,30)31)33-27(37)40/h9-11,13,15-17,20-21,24H,3-8,12,14H2,1-2H3,(H,33,40)(H,35,38)(H,32,34,39)/t15?,17?,20?,21-,24+/m0/s1. The summed E-state index contributed by atoms with van der Waals surface area (Å²) in [5, 5.41) is 11.6. The molecule has 3 atom stereocenters. The SMILES string of the molecule is COCC(c1ccnc(NC(=O)[C@H](NC(=O)c2conc2C2CC2)C2CCC(C)CC2)c1)N1C[C@@H](C(F)(F)F)NC1=O. The van der Waals surface area contributed by atoms with Crippen LogP contribution >= 0.6 is 0 Å². The highest BCUT2D eigenvalue weighted by Crippen LogP contribution is 2.41. The van der Waals surface area contributed by atoms with E-state index >= 15 is 0 Å². The summed E-state index contributed by atoms with van der Waals surface area (Å²) in [6.45, 7) is 1.50. The van der Waals surface area contributed by atoms with Gasteiger partial charge in [-0.15, -0.1) is 0 Å². The van der Waals surface area contributed by atoms with Gasteiger partial charge in [0.1, 0.15) is 29.7 Å². The summed E-state index contributed by atoms with van der Waals surface area (Å²) in [6.07, 6.45) is 3.33. The predicted molar refractivity (Wildman–Crippen MR) is 143 cm³/mol. The molecule has 2 saturated carbocycles. The molecule has 2 aromatic rings. The summed E-state index contributed by atoms with van der Waals surface area (Å²) in [5.41, 5.74) is 1.36. The number of rotatable bonds is 10. The smallest absolute Gasteiger partial charge is 0.382 e. The van der Waals surface area contributed by atoms with Gasteiger partial charge < -0.3 is 30.1 Å². The van der Waals surface area contributed by atoms with Crippen LogP contribution in [0, 0.1) is 11.8 Å². The molecule has 14 heteroatoms. The van der Waals surface area contributed by atoms with Crippen LogP contribution in [0.15, 0.2) is 29.1 Å². The fourth-order valence-electron chi connectivity index (χ4n) is 5.76. The fraction of sp³-hybridized carbons (Fsp3) is 0.607. The molecule has 3 fully saturated rings. The Hall–Kier alpha value is -3.68. The van der Waals surface area contributed by atoms with Gasteiger partial charge >= 0.3 is 12.2 Å². The van der Waals surface area contributed by atoms with Crippen LogP contribution in [0.5, 0.6) is 0 Å². The lowest BCUT2D eigenvalue weighted by Crippen LogP contribution is -2.49. The van der Waals surface area contributed by atoms with Crippen molar-refractivity contribution < 1.29 is 36.8 Å². The second-order valence-corrected chi connectivity index (χ2v) is 11.5. The van der Waals surface area contributed by atoms with Crippen LogP contribution < -0.4 is 16.0 Å². The van der Waals surface area contributed by atoms with E-state index in [1.807, 2.05) is 5.32 Å². The number of halogens is 3. The van der Waals surface area contributed by atoms with Gasteiger partial charge in [-0.2, -0.15) is 13.2 Å². The number of alkyl halides is 3. The number of methoxy groups -OCH3 is 1. The first-order valence-electron chi connectivity index (χ1n) is 14.2. The number of ether oxygens (including phenoxy) is 1. The molecule has 0 radical (unpaired) electrons. The average Bonchev–Trinajstić information content (AvgIpc) is 3.53. The number of carbonyl (C=O) groups excluding carboxylic acids is 3. The third-order valence-corrected chi connectivity index (χ3v) is 8.36. The molecule has 42 heavy (non-hydrogen) atoms. The molecule has 3 aliphatic rings. The van der Waals surface area contributed by atoms with E-state index in [1.54, 1.807) is 6.07 Å². The number of carbonyl (C=O) groups is 3.